The van der Waals surface area contributed by atoms with E-state index >= 15 is 0 Å². The maximum absolute atomic E-state index is 13.0. The second-order valence-electron chi connectivity index (χ2n) is 5.10. The largest absolute Gasteiger partial charge is 0.370 e. The molecule has 1 saturated heterocycles. The van der Waals surface area contributed by atoms with Gasteiger partial charge in [-0.05, 0) is 18.8 Å². The van der Waals surface area contributed by atoms with E-state index in [-0.39, 0.29) is 42.7 Å². The second kappa shape index (κ2) is 7.85. The molecule has 0 aromatic rings. The molecule has 1 aliphatic heterocycles. The first-order valence-corrected chi connectivity index (χ1v) is 7.73. The van der Waals surface area contributed by atoms with E-state index in [0.29, 0.717) is 25.3 Å². The topological polar surface area (TPSA) is 41.6 Å². The third-order valence-corrected chi connectivity index (χ3v) is 4.63. The smallest absolute Gasteiger partial charge is 0.248 e. The Balaban J connectivity index is 0.00000180. The highest BCUT2D eigenvalue weighted by Crippen LogP contribution is 2.36. The number of rotatable bonds is 2. The molecule has 0 aromatic carbocycles. The van der Waals surface area contributed by atoms with Crippen LogP contribution in [0.4, 0.5) is 8.78 Å². The first-order valence-electron chi connectivity index (χ1n) is 6.57. The molecule has 0 unspecified atom stereocenters. The Morgan fingerprint density at radius 1 is 1.26 bits per heavy atom. The highest BCUT2D eigenvalue weighted by Gasteiger charge is 2.34. The summed E-state index contributed by atoms with van der Waals surface area (Å²) in [5.74, 6) is 0.600. The average Bonchev–Trinajstić information content (AvgIpc) is 2.38. The zero-order valence-corrected chi connectivity index (χ0v) is 14.1. The van der Waals surface area contributed by atoms with Gasteiger partial charge in [-0.3, -0.25) is 4.99 Å². The third-order valence-electron chi connectivity index (χ3n) is 3.68. The van der Waals surface area contributed by atoms with Crippen LogP contribution in [0.1, 0.15) is 25.7 Å². The quantitative estimate of drug-likeness (QED) is 0.437. The van der Waals surface area contributed by atoms with Crippen molar-refractivity contribution in [3.8, 4) is 0 Å². The van der Waals surface area contributed by atoms with Crippen LogP contribution in [0.25, 0.3) is 0 Å². The van der Waals surface area contributed by atoms with Gasteiger partial charge in [-0.25, -0.2) is 8.78 Å². The third kappa shape index (κ3) is 5.61. The average molecular weight is 405 g/mol. The molecular weight excluding hydrogens is 383 g/mol. The van der Waals surface area contributed by atoms with Crippen molar-refractivity contribution >= 4 is 41.7 Å². The van der Waals surface area contributed by atoms with E-state index in [1.807, 2.05) is 11.8 Å². The number of hydrogen-bond acceptors (Lipinski definition) is 2. The number of guanidine groups is 1. The van der Waals surface area contributed by atoms with Gasteiger partial charge >= 0.3 is 0 Å². The highest BCUT2D eigenvalue weighted by atomic mass is 127. The summed E-state index contributed by atoms with van der Waals surface area (Å²) in [5, 5.41) is 0. The standard InChI is InChI=1S/C12H21F2N3S.HI/c13-12(14)3-1-10(2-4-12)9-16-11(15)17-5-7-18-8-6-17;/h10H,1-9H2,(H2,15,16);1H. The number of thioether (sulfide) groups is 1. The molecule has 0 spiro atoms. The molecule has 0 radical (unpaired) electrons. The van der Waals surface area contributed by atoms with Crippen molar-refractivity contribution < 1.29 is 8.78 Å². The molecule has 0 amide bonds. The van der Waals surface area contributed by atoms with Gasteiger partial charge in [-0.1, -0.05) is 0 Å². The minimum atomic E-state index is -2.45. The van der Waals surface area contributed by atoms with Crippen molar-refractivity contribution in [2.24, 2.45) is 16.6 Å². The zero-order chi connectivity index (χ0) is 13.0. The van der Waals surface area contributed by atoms with Crippen LogP contribution in [0, 0.1) is 5.92 Å². The van der Waals surface area contributed by atoms with Crippen molar-refractivity contribution in [2.45, 2.75) is 31.6 Å². The molecule has 2 rings (SSSR count). The molecule has 7 heteroatoms. The lowest BCUT2D eigenvalue weighted by molar-refractivity contribution is -0.0446. The van der Waals surface area contributed by atoms with Crippen molar-refractivity contribution in [3.63, 3.8) is 0 Å². The number of alkyl halides is 2. The van der Waals surface area contributed by atoms with Gasteiger partial charge in [0.15, 0.2) is 5.96 Å². The Hall–Kier alpha value is 0.210. The summed E-state index contributed by atoms with van der Waals surface area (Å²) in [6, 6.07) is 0. The van der Waals surface area contributed by atoms with Crippen LogP contribution >= 0.6 is 35.7 Å². The molecule has 0 atom stereocenters. The minimum absolute atomic E-state index is 0. The summed E-state index contributed by atoms with van der Waals surface area (Å²) < 4.78 is 26.0. The van der Waals surface area contributed by atoms with Gasteiger partial charge in [0.25, 0.3) is 0 Å². The molecule has 1 saturated carbocycles. The molecule has 0 aromatic heterocycles. The number of nitrogens with two attached hydrogens (primary N) is 1. The van der Waals surface area contributed by atoms with Gasteiger partial charge in [-0.2, -0.15) is 11.8 Å². The van der Waals surface area contributed by atoms with Crippen LogP contribution in [0.3, 0.4) is 0 Å². The summed E-state index contributed by atoms with van der Waals surface area (Å²) in [6.07, 6.45) is 1.15. The van der Waals surface area contributed by atoms with E-state index in [9.17, 15) is 8.78 Å². The second-order valence-corrected chi connectivity index (χ2v) is 6.32. The van der Waals surface area contributed by atoms with Gasteiger partial charge in [0.05, 0.1) is 0 Å². The summed E-state index contributed by atoms with van der Waals surface area (Å²) in [6.45, 7) is 2.50. The molecule has 2 aliphatic rings. The minimum Gasteiger partial charge on any atom is -0.370 e. The Kier molecular flexibility index (Phi) is 7.13. The van der Waals surface area contributed by atoms with Crippen LogP contribution in [-0.4, -0.2) is 47.9 Å². The lowest BCUT2D eigenvalue weighted by Gasteiger charge is -2.29. The van der Waals surface area contributed by atoms with Gasteiger partial charge < -0.3 is 10.6 Å². The van der Waals surface area contributed by atoms with Crippen molar-refractivity contribution in [1.82, 2.24) is 4.90 Å². The van der Waals surface area contributed by atoms with Crippen molar-refractivity contribution in [2.75, 3.05) is 31.1 Å². The summed E-state index contributed by atoms with van der Waals surface area (Å²) in [5.41, 5.74) is 5.94. The Morgan fingerprint density at radius 2 is 1.84 bits per heavy atom. The summed E-state index contributed by atoms with van der Waals surface area (Å²) >= 11 is 1.93. The molecule has 1 heterocycles. The molecule has 2 N–H and O–H groups in total. The van der Waals surface area contributed by atoms with E-state index < -0.39 is 5.92 Å². The number of aliphatic imine (C=N–C) groups is 1. The van der Waals surface area contributed by atoms with Gasteiger partial charge in [0, 0.05) is 44.0 Å². The molecule has 1 aliphatic carbocycles. The molecule has 3 nitrogen and oxygen atoms in total. The van der Waals surface area contributed by atoms with Crippen LogP contribution in [0.5, 0.6) is 0 Å². The van der Waals surface area contributed by atoms with E-state index in [0.717, 1.165) is 24.6 Å². The Labute approximate surface area is 134 Å². The van der Waals surface area contributed by atoms with Crippen molar-refractivity contribution in [1.29, 1.82) is 0 Å². The lowest BCUT2D eigenvalue weighted by atomic mass is 9.87. The molecule has 112 valence electrons. The van der Waals surface area contributed by atoms with E-state index in [4.69, 9.17) is 5.73 Å². The van der Waals surface area contributed by atoms with Gasteiger partial charge in [-0.15, -0.1) is 24.0 Å². The predicted octanol–water partition coefficient (Wildman–Crippen LogP) is 2.79. The maximum atomic E-state index is 13.0. The molecule has 0 bridgehead atoms. The predicted molar refractivity (Wildman–Crippen MR) is 87.7 cm³/mol. The number of hydrogen-bond donors (Lipinski definition) is 1. The summed E-state index contributed by atoms with van der Waals surface area (Å²) in [7, 11) is 0. The monoisotopic (exact) mass is 405 g/mol. The fraction of sp³-hybridized carbons (Fsp3) is 0.917. The van der Waals surface area contributed by atoms with Crippen LogP contribution in [0.15, 0.2) is 4.99 Å². The fourth-order valence-corrected chi connectivity index (χ4v) is 3.30. The zero-order valence-electron chi connectivity index (χ0n) is 11.0. The maximum Gasteiger partial charge on any atom is 0.248 e. The van der Waals surface area contributed by atoms with Crippen LogP contribution in [-0.2, 0) is 0 Å². The Bertz CT molecular complexity index is 299. The van der Waals surface area contributed by atoms with Gasteiger partial charge in [0.1, 0.15) is 0 Å². The van der Waals surface area contributed by atoms with E-state index in [2.05, 4.69) is 9.89 Å². The first-order chi connectivity index (χ1) is 8.57. The first kappa shape index (κ1) is 17.3. The SMILES string of the molecule is I.NC(=NCC1CCC(F)(F)CC1)N1CCSCC1. The van der Waals surface area contributed by atoms with E-state index in [1.54, 1.807) is 0 Å². The Morgan fingerprint density at radius 3 is 2.42 bits per heavy atom. The lowest BCUT2D eigenvalue weighted by Crippen LogP contribution is -2.43. The molecule has 19 heavy (non-hydrogen) atoms. The van der Waals surface area contributed by atoms with E-state index in [1.165, 1.54) is 0 Å². The normalized spacial score (nSPS) is 24.9. The fourth-order valence-electron chi connectivity index (χ4n) is 2.40. The number of halogens is 3. The van der Waals surface area contributed by atoms with Crippen molar-refractivity contribution in [3.05, 3.63) is 0 Å². The molecular formula is C12H22F2IN3S. The van der Waals surface area contributed by atoms with Crippen LogP contribution in [0.2, 0.25) is 0 Å². The van der Waals surface area contributed by atoms with Crippen LogP contribution < -0.4 is 5.73 Å². The summed E-state index contributed by atoms with van der Waals surface area (Å²) in [4.78, 5) is 6.48. The highest BCUT2D eigenvalue weighted by molar-refractivity contribution is 14.0. The van der Waals surface area contributed by atoms with Gasteiger partial charge in [0.2, 0.25) is 5.92 Å². The molecule has 2 fully saturated rings. The number of nitrogens with zero attached hydrogens (tertiary/aromatic N) is 2.